The van der Waals surface area contributed by atoms with Crippen LogP contribution in [0.25, 0.3) is 0 Å². The highest BCUT2D eigenvalue weighted by Crippen LogP contribution is 2.22. The van der Waals surface area contributed by atoms with Gasteiger partial charge in [0, 0.05) is 19.5 Å². The summed E-state index contributed by atoms with van der Waals surface area (Å²) in [6, 6.07) is 3.39. The first-order valence-corrected chi connectivity index (χ1v) is 23.8. The molecule has 2 aliphatic heterocycles. The smallest absolute Gasteiger partial charge is 0.328 e. The number of aromatic hydroxyl groups is 1. The van der Waals surface area contributed by atoms with Crippen LogP contribution in [-0.2, 0) is 33.4 Å². The molecule has 5 N–H and O–H groups in total. The van der Waals surface area contributed by atoms with Crippen molar-refractivity contribution in [1.29, 1.82) is 0 Å². The van der Waals surface area contributed by atoms with Crippen molar-refractivity contribution in [2.24, 2.45) is 4.99 Å². The number of aliphatic imine (C=N–C) groups is 1. The van der Waals surface area contributed by atoms with E-state index in [2.05, 4.69) is 22.5 Å². The molecule has 0 bridgehead atoms. The van der Waals surface area contributed by atoms with Gasteiger partial charge >= 0.3 is 5.97 Å². The predicted octanol–water partition coefficient (Wildman–Crippen LogP) is 8.05. The van der Waals surface area contributed by atoms with E-state index in [9.17, 15) is 39.5 Å². The van der Waals surface area contributed by atoms with Gasteiger partial charge in [0.25, 0.3) is 5.91 Å². The molecule has 4 unspecified atom stereocenters. The molecule has 350 valence electrons. The number of carbonyl (C=O) groups is 5. The van der Waals surface area contributed by atoms with E-state index in [-0.39, 0.29) is 56.5 Å². The molecule has 0 saturated carbocycles. The van der Waals surface area contributed by atoms with Gasteiger partial charge in [-0.05, 0) is 64.0 Å². The fourth-order valence-electron chi connectivity index (χ4n) is 7.86. The Kier molecular flexibility index (Phi) is 25.8. The molecule has 0 aliphatic carbocycles. The molecular formula is C47H77N5O10. The lowest BCUT2D eigenvalue weighted by Gasteiger charge is -2.23. The van der Waals surface area contributed by atoms with Crippen LogP contribution in [-0.4, -0.2) is 105 Å². The third kappa shape index (κ3) is 20.8. The van der Waals surface area contributed by atoms with Crippen molar-refractivity contribution in [1.82, 2.24) is 20.8 Å². The Hall–Kier alpha value is -4.24. The molecule has 15 nitrogen and oxygen atoms in total. The maximum atomic E-state index is 13.4. The fourth-order valence-corrected chi connectivity index (χ4v) is 7.86. The number of hydrogen-bond donors (Lipinski definition) is 5. The van der Waals surface area contributed by atoms with E-state index in [1.165, 1.54) is 103 Å². The van der Waals surface area contributed by atoms with E-state index >= 15 is 0 Å². The number of ether oxygens (including phenoxy) is 2. The minimum atomic E-state index is -1.15. The minimum absolute atomic E-state index is 0.0556. The van der Waals surface area contributed by atoms with Crippen molar-refractivity contribution in [2.45, 2.75) is 205 Å². The Morgan fingerprint density at radius 3 is 2.08 bits per heavy atom. The van der Waals surface area contributed by atoms with Crippen LogP contribution in [0.1, 0.15) is 186 Å². The summed E-state index contributed by atoms with van der Waals surface area (Å²) in [4.78, 5) is 68.9. The summed E-state index contributed by atoms with van der Waals surface area (Å²) in [6.07, 6.45) is 24.2. The summed E-state index contributed by atoms with van der Waals surface area (Å²) in [5.41, 5.74) is 0.325. The van der Waals surface area contributed by atoms with Crippen LogP contribution in [0.5, 0.6) is 5.75 Å². The zero-order valence-electron chi connectivity index (χ0n) is 37.7. The molecule has 1 fully saturated rings. The number of hydrogen-bond acceptors (Lipinski definition) is 11. The van der Waals surface area contributed by atoms with E-state index in [1.54, 1.807) is 18.2 Å². The molecule has 0 spiro atoms. The van der Waals surface area contributed by atoms with Crippen LogP contribution in [0.15, 0.2) is 29.3 Å². The van der Waals surface area contributed by atoms with E-state index in [1.807, 2.05) is 0 Å². The van der Waals surface area contributed by atoms with Gasteiger partial charge in [-0.15, -0.1) is 0 Å². The number of nitrogens with zero attached hydrogens (tertiary/aromatic N) is 3. The van der Waals surface area contributed by atoms with Gasteiger partial charge in [0.1, 0.15) is 30.5 Å². The zero-order chi connectivity index (χ0) is 45.0. The normalized spacial score (nSPS) is 17.4. The maximum absolute atomic E-state index is 13.4. The van der Waals surface area contributed by atoms with Crippen molar-refractivity contribution >= 4 is 35.5 Å². The second-order valence-corrected chi connectivity index (χ2v) is 17.1. The van der Waals surface area contributed by atoms with Gasteiger partial charge < -0.3 is 25.2 Å². The summed E-state index contributed by atoms with van der Waals surface area (Å²) in [5, 5.41) is 37.1. The van der Waals surface area contributed by atoms with E-state index in [0.29, 0.717) is 49.2 Å². The van der Waals surface area contributed by atoms with Crippen molar-refractivity contribution < 1.29 is 49.0 Å². The van der Waals surface area contributed by atoms with E-state index in [4.69, 9.17) is 9.47 Å². The maximum Gasteiger partial charge on any atom is 0.328 e. The van der Waals surface area contributed by atoms with E-state index in [0.717, 1.165) is 24.3 Å². The molecule has 15 heteroatoms. The second kappa shape index (κ2) is 30.7. The molecule has 3 rings (SSSR count). The number of carbonyl (C=O) groups excluding carboxylic acids is 5. The summed E-state index contributed by atoms with van der Waals surface area (Å²) in [6.45, 7) is 3.91. The molecule has 1 aromatic carbocycles. The van der Waals surface area contributed by atoms with E-state index < -0.39 is 47.9 Å². The molecule has 1 saturated heterocycles. The number of esters is 1. The lowest BCUT2D eigenvalue weighted by atomic mass is 10.0. The van der Waals surface area contributed by atoms with Crippen molar-refractivity contribution in [3.8, 4) is 5.75 Å². The summed E-state index contributed by atoms with van der Waals surface area (Å²) < 4.78 is 11.2. The summed E-state index contributed by atoms with van der Waals surface area (Å²) in [7, 11) is 0. The fraction of sp³-hybridized carbons (Fsp3) is 0.745. The molecule has 62 heavy (non-hydrogen) atoms. The molecule has 4 atom stereocenters. The van der Waals surface area contributed by atoms with Gasteiger partial charge in [-0.2, -0.15) is 0 Å². The van der Waals surface area contributed by atoms with Crippen LogP contribution in [0.3, 0.4) is 0 Å². The van der Waals surface area contributed by atoms with Gasteiger partial charge in [-0.25, -0.2) is 19.9 Å². The largest absolute Gasteiger partial charge is 0.507 e. The Morgan fingerprint density at radius 2 is 1.47 bits per heavy atom. The lowest BCUT2D eigenvalue weighted by molar-refractivity contribution is -0.167. The van der Waals surface area contributed by atoms with Crippen LogP contribution in [0, 0.1) is 0 Å². The van der Waals surface area contributed by atoms with Crippen molar-refractivity contribution in [3.63, 3.8) is 0 Å². The van der Waals surface area contributed by atoms with Gasteiger partial charge in [-0.3, -0.25) is 29.6 Å². The molecule has 0 aromatic heterocycles. The molecule has 4 amide bonds. The Labute approximate surface area is 369 Å². The third-order valence-electron chi connectivity index (χ3n) is 11.6. The Balaban J connectivity index is 1.36. The van der Waals surface area contributed by atoms with Crippen molar-refractivity contribution in [3.05, 3.63) is 29.8 Å². The zero-order valence-corrected chi connectivity index (χ0v) is 37.7. The molecule has 1 aromatic rings. The number of rotatable bonds is 32. The molecule has 2 heterocycles. The highest BCUT2D eigenvalue weighted by Gasteiger charge is 2.33. The number of unbranched alkanes of at least 4 members (excludes halogenated alkanes) is 18. The Bertz CT molecular complexity index is 1530. The number of phenols is 1. The lowest BCUT2D eigenvalue weighted by Crippen LogP contribution is -2.48. The molecular weight excluding hydrogens is 795 g/mol. The number of amides is 4. The SMILES string of the molecule is CCCCCCCCCCCCCCCCCCCCC(=O)N(O)CCCCC(NC(=O)C1COC(c2ccccc2O)=N1)C(=O)OC(C)CC(=O)NC1CCCCN(O)C1=O. The van der Waals surface area contributed by atoms with Crippen LogP contribution in [0.2, 0.25) is 0 Å². The summed E-state index contributed by atoms with van der Waals surface area (Å²) in [5.74, 6) is -2.85. The van der Waals surface area contributed by atoms with Gasteiger partial charge in [-0.1, -0.05) is 128 Å². The minimum Gasteiger partial charge on any atom is -0.507 e. The molecule has 0 radical (unpaired) electrons. The number of hydroxylamine groups is 4. The van der Waals surface area contributed by atoms with Crippen molar-refractivity contribution in [2.75, 3.05) is 19.7 Å². The number of phenolic OH excluding ortho intramolecular Hbond substituents is 1. The van der Waals surface area contributed by atoms with Gasteiger partial charge in [0.2, 0.25) is 23.6 Å². The average molecular weight is 872 g/mol. The monoisotopic (exact) mass is 872 g/mol. The number of para-hydroxylation sites is 1. The topological polar surface area (TPSA) is 207 Å². The number of benzene rings is 1. The average Bonchev–Trinajstić information content (AvgIpc) is 3.69. The quantitative estimate of drug-likeness (QED) is 0.0204. The van der Waals surface area contributed by atoms with Crippen LogP contribution < -0.4 is 10.6 Å². The first kappa shape index (κ1) is 52.1. The summed E-state index contributed by atoms with van der Waals surface area (Å²) >= 11 is 0. The highest BCUT2D eigenvalue weighted by atomic mass is 16.5. The second-order valence-electron chi connectivity index (χ2n) is 17.1. The number of nitrogens with one attached hydrogen (secondary N) is 2. The van der Waals surface area contributed by atoms with Gasteiger partial charge in [0.05, 0.1) is 12.0 Å². The molecule has 2 aliphatic rings. The predicted molar refractivity (Wildman–Crippen MR) is 237 cm³/mol. The third-order valence-corrected chi connectivity index (χ3v) is 11.6. The first-order valence-electron chi connectivity index (χ1n) is 23.8. The highest BCUT2D eigenvalue weighted by molar-refractivity contribution is 6.00. The van der Waals surface area contributed by atoms with Gasteiger partial charge in [0.15, 0.2) is 6.04 Å². The van der Waals surface area contributed by atoms with Crippen LogP contribution in [0.4, 0.5) is 0 Å². The Morgan fingerprint density at radius 1 is 0.871 bits per heavy atom. The standard InChI is InChI=1S/C47H77N5O10/c1-3-4-5-6-7-8-9-10-11-12-13-14-15-16-17-18-19-20-31-43(55)51(59)32-25-24-29-39(49-44(56)40-35-61-45(50-40)37-27-21-22-30-41(37)53)47(58)62-36(2)34-42(54)48-38-28-23-26-33-52(60)46(38)57/h21-22,27,30,36,38-40,53,59-60H,3-20,23-26,28-29,31-35H2,1-2H3,(H,48,54)(H,49,56). The first-order chi connectivity index (χ1) is 30.0. The van der Waals surface area contributed by atoms with Crippen LogP contribution >= 0.6 is 0 Å².